The molecule has 2 heterocycles. The van der Waals surface area contributed by atoms with Crippen molar-refractivity contribution in [3.8, 4) is 0 Å². The van der Waals surface area contributed by atoms with Gasteiger partial charge in [-0.3, -0.25) is 0 Å². The number of anilines is 1. The Morgan fingerprint density at radius 1 is 1.65 bits per heavy atom. The zero-order valence-electron chi connectivity index (χ0n) is 9.80. The summed E-state index contributed by atoms with van der Waals surface area (Å²) in [6.07, 6.45) is 2.25. The SMILES string of the molecule is CC(O)C1CCN(c2cc(CO)c(Cl)cn2)C1. The number of aliphatic hydroxyl groups excluding tert-OH is 2. The molecule has 0 aliphatic carbocycles. The Hall–Kier alpha value is -0.840. The molecular formula is C12H17ClN2O2. The first-order valence-electron chi connectivity index (χ1n) is 5.80. The summed E-state index contributed by atoms with van der Waals surface area (Å²) in [5.74, 6) is 1.12. The topological polar surface area (TPSA) is 56.6 Å². The van der Waals surface area contributed by atoms with Gasteiger partial charge in [0.15, 0.2) is 0 Å². The molecule has 0 radical (unpaired) electrons. The number of aromatic nitrogens is 1. The van der Waals surface area contributed by atoms with E-state index in [2.05, 4.69) is 9.88 Å². The zero-order chi connectivity index (χ0) is 12.4. The molecule has 2 atom stereocenters. The third kappa shape index (κ3) is 2.70. The van der Waals surface area contributed by atoms with Gasteiger partial charge in [-0.15, -0.1) is 0 Å². The summed E-state index contributed by atoms with van der Waals surface area (Å²) in [5.41, 5.74) is 0.692. The standard InChI is InChI=1S/C12H17ClN2O2/c1-8(17)9-2-3-15(6-9)12-4-10(7-16)11(13)5-14-12/h4-5,8-9,16-17H,2-3,6-7H2,1H3. The van der Waals surface area contributed by atoms with Crippen molar-refractivity contribution in [2.75, 3.05) is 18.0 Å². The molecule has 1 saturated heterocycles. The smallest absolute Gasteiger partial charge is 0.128 e. The first-order chi connectivity index (χ1) is 8.11. The van der Waals surface area contributed by atoms with E-state index < -0.39 is 0 Å². The quantitative estimate of drug-likeness (QED) is 0.859. The van der Waals surface area contributed by atoms with Crippen LogP contribution in [-0.4, -0.2) is 34.4 Å². The van der Waals surface area contributed by atoms with Gasteiger partial charge in [-0.05, 0) is 19.4 Å². The van der Waals surface area contributed by atoms with Crippen molar-refractivity contribution in [2.45, 2.75) is 26.1 Å². The van der Waals surface area contributed by atoms with Crippen molar-refractivity contribution in [3.05, 3.63) is 22.8 Å². The number of pyridine rings is 1. The van der Waals surface area contributed by atoms with E-state index in [1.807, 2.05) is 13.0 Å². The predicted octanol–water partition coefficient (Wildman–Crippen LogP) is 1.43. The lowest BCUT2D eigenvalue weighted by molar-refractivity contribution is 0.136. The summed E-state index contributed by atoms with van der Waals surface area (Å²) in [7, 11) is 0. The van der Waals surface area contributed by atoms with Gasteiger partial charge in [0, 0.05) is 30.8 Å². The van der Waals surface area contributed by atoms with E-state index in [9.17, 15) is 5.11 Å². The van der Waals surface area contributed by atoms with E-state index in [4.69, 9.17) is 16.7 Å². The maximum atomic E-state index is 9.55. The minimum atomic E-state index is -0.287. The van der Waals surface area contributed by atoms with Crippen LogP contribution >= 0.6 is 11.6 Å². The molecular weight excluding hydrogens is 240 g/mol. The molecule has 17 heavy (non-hydrogen) atoms. The van der Waals surface area contributed by atoms with Crippen LogP contribution in [0.5, 0.6) is 0 Å². The van der Waals surface area contributed by atoms with Crippen LogP contribution in [0.15, 0.2) is 12.3 Å². The minimum Gasteiger partial charge on any atom is -0.393 e. The summed E-state index contributed by atoms with van der Waals surface area (Å²) in [6, 6.07) is 1.81. The second-order valence-corrected chi connectivity index (χ2v) is 4.93. The fourth-order valence-electron chi connectivity index (χ4n) is 2.15. The van der Waals surface area contributed by atoms with Gasteiger partial charge >= 0.3 is 0 Å². The van der Waals surface area contributed by atoms with Crippen LogP contribution in [0.3, 0.4) is 0 Å². The lowest BCUT2D eigenvalue weighted by Gasteiger charge is -2.19. The van der Waals surface area contributed by atoms with E-state index in [1.54, 1.807) is 6.20 Å². The highest BCUT2D eigenvalue weighted by molar-refractivity contribution is 6.31. The fraction of sp³-hybridized carbons (Fsp3) is 0.583. The molecule has 0 aromatic carbocycles. The van der Waals surface area contributed by atoms with Crippen molar-refractivity contribution in [1.82, 2.24) is 4.98 Å². The molecule has 1 aromatic heterocycles. The van der Waals surface area contributed by atoms with Crippen molar-refractivity contribution in [3.63, 3.8) is 0 Å². The number of aliphatic hydroxyl groups is 2. The Morgan fingerprint density at radius 3 is 3.00 bits per heavy atom. The maximum Gasteiger partial charge on any atom is 0.128 e. The monoisotopic (exact) mass is 256 g/mol. The average molecular weight is 257 g/mol. The molecule has 1 aliphatic rings. The van der Waals surface area contributed by atoms with Crippen LogP contribution in [0.2, 0.25) is 5.02 Å². The molecule has 2 unspecified atom stereocenters. The highest BCUT2D eigenvalue weighted by atomic mass is 35.5. The molecule has 2 rings (SSSR count). The molecule has 5 heteroatoms. The van der Waals surface area contributed by atoms with Crippen molar-refractivity contribution < 1.29 is 10.2 Å². The summed E-state index contributed by atoms with van der Waals surface area (Å²) >= 11 is 5.90. The molecule has 4 nitrogen and oxygen atoms in total. The van der Waals surface area contributed by atoms with Gasteiger partial charge in [-0.1, -0.05) is 11.6 Å². The molecule has 0 amide bonds. The molecule has 1 aromatic rings. The van der Waals surface area contributed by atoms with Crippen LogP contribution in [0, 0.1) is 5.92 Å². The van der Waals surface area contributed by atoms with E-state index >= 15 is 0 Å². The van der Waals surface area contributed by atoms with Gasteiger partial charge in [-0.2, -0.15) is 0 Å². The van der Waals surface area contributed by atoms with E-state index in [-0.39, 0.29) is 12.7 Å². The van der Waals surface area contributed by atoms with Crippen LogP contribution in [0.1, 0.15) is 18.9 Å². The van der Waals surface area contributed by atoms with E-state index in [0.717, 1.165) is 25.3 Å². The van der Waals surface area contributed by atoms with Crippen molar-refractivity contribution in [2.24, 2.45) is 5.92 Å². The first kappa shape index (κ1) is 12.6. The Bertz CT molecular complexity index is 398. The van der Waals surface area contributed by atoms with Gasteiger partial charge in [0.05, 0.1) is 17.7 Å². The van der Waals surface area contributed by atoms with Gasteiger partial charge in [-0.25, -0.2) is 4.98 Å². The molecule has 0 spiro atoms. The highest BCUT2D eigenvalue weighted by Crippen LogP contribution is 2.26. The second kappa shape index (κ2) is 5.21. The largest absolute Gasteiger partial charge is 0.393 e. The lowest BCUT2D eigenvalue weighted by Crippen LogP contribution is -2.24. The average Bonchev–Trinajstić information content (AvgIpc) is 2.79. The van der Waals surface area contributed by atoms with Crippen LogP contribution < -0.4 is 4.90 Å². The number of nitrogens with zero attached hydrogens (tertiary/aromatic N) is 2. The fourth-order valence-corrected chi connectivity index (χ4v) is 2.31. The number of hydrogen-bond acceptors (Lipinski definition) is 4. The van der Waals surface area contributed by atoms with Gasteiger partial charge < -0.3 is 15.1 Å². The predicted molar refractivity (Wildman–Crippen MR) is 67.2 cm³/mol. The Morgan fingerprint density at radius 2 is 2.41 bits per heavy atom. The maximum absolute atomic E-state index is 9.55. The molecule has 2 N–H and O–H groups in total. The van der Waals surface area contributed by atoms with E-state index in [0.29, 0.717) is 16.5 Å². The van der Waals surface area contributed by atoms with Crippen molar-refractivity contribution in [1.29, 1.82) is 0 Å². The summed E-state index contributed by atoms with van der Waals surface area (Å²) < 4.78 is 0. The Kier molecular flexibility index (Phi) is 3.86. The number of halogens is 1. The summed E-state index contributed by atoms with van der Waals surface area (Å²) in [6.45, 7) is 3.43. The molecule has 94 valence electrons. The summed E-state index contributed by atoms with van der Waals surface area (Å²) in [5, 5.41) is 19.2. The van der Waals surface area contributed by atoms with Gasteiger partial charge in [0.2, 0.25) is 0 Å². The molecule has 1 aliphatic heterocycles. The zero-order valence-corrected chi connectivity index (χ0v) is 10.6. The number of hydrogen-bond donors (Lipinski definition) is 2. The molecule has 1 fully saturated rings. The van der Waals surface area contributed by atoms with Gasteiger partial charge in [0.25, 0.3) is 0 Å². The number of rotatable bonds is 3. The summed E-state index contributed by atoms with van der Waals surface area (Å²) in [4.78, 5) is 6.38. The van der Waals surface area contributed by atoms with E-state index in [1.165, 1.54) is 0 Å². The lowest BCUT2D eigenvalue weighted by atomic mass is 10.0. The Labute approximate surface area is 106 Å². The van der Waals surface area contributed by atoms with Crippen LogP contribution in [0.25, 0.3) is 0 Å². The van der Waals surface area contributed by atoms with Crippen LogP contribution in [0.4, 0.5) is 5.82 Å². The van der Waals surface area contributed by atoms with Gasteiger partial charge in [0.1, 0.15) is 5.82 Å². The molecule has 0 saturated carbocycles. The minimum absolute atomic E-state index is 0.0813. The highest BCUT2D eigenvalue weighted by Gasteiger charge is 2.26. The third-order valence-electron chi connectivity index (χ3n) is 3.32. The Balaban J connectivity index is 2.13. The van der Waals surface area contributed by atoms with Crippen molar-refractivity contribution >= 4 is 17.4 Å². The normalized spacial score (nSPS) is 21.9. The second-order valence-electron chi connectivity index (χ2n) is 4.53. The van der Waals surface area contributed by atoms with Crippen LogP contribution in [-0.2, 0) is 6.61 Å². The first-order valence-corrected chi connectivity index (χ1v) is 6.18. The third-order valence-corrected chi connectivity index (χ3v) is 3.66. The molecule has 0 bridgehead atoms.